The van der Waals surface area contributed by atoms with E-state index in [2.05, 4.69) is 9.97 Å². The van der Waals surface area contributed by atoms with Crippen LogP contribution in [0.5, 0.6) is 0 Å². The highest BCUT2D eigenvalue weighted by atomic mass is 19.1. The molecule has 0 unspecified atom stereocenters. The fourth-order valence-corrected chi connectivity index (χ4v) is 1.98. The Labute approximate surface area is 108 Å². The monoisotopic (exact) mass is 259 g/mol. The highest BCUT2D eigenvalue weighted by Gasteiger charge is 2.10. The first-order valence-corrected chi connectivity index (χ1v) is 5.81. The van der Waals surface area contributed by atoms with Crippen LogP contribution in [0.4, 0.5) is 8.78 Å². The number of hydrogen-bond acceptors (Lipinski definition) is 2. The van der Waals surface area contributed by atoms with Crippen LogP contribution >= 0.6 is 0 Å². The summed E-state index contributed by atoms with van der Waals surface area (Å²) < 4.78 is 26.7. The van der Waals surface area contributed by atoms with Crippen molar-refractivity contribution in [2.24, 2.45) is 5.73 Å². The molecule has 1 aromatic heterocycles. The van der Waals surface area contributed by atoms with E-state index in [0.717, 1.165) is 17.2 Å². The van der Waals surface area contributed by atoms with Gasteiger partial charge in [-0.15, -0.1) is 0 Å². The molecule has 0 amide bonds. The summed E-state index contributed by atoms with van der Waals surface area (Å²) in [5.41, 5.74) is 7.80. The van der Waals surface area contributed by atoms with Crippen LogP contribution in [0.15, 0.2) is 36.4 Å². The molecule has 3 rings (SSSR count). The highest BCUT2D eigenvalue weighted by molar-refractivity contribution is 5.80. The zero-order valence-electron chi connectivity index (χ0n) is 9.95. The molecule has 3 nitrogen and oxygen atoms in total. The van der Waals surface area contributed by atoms with Gasteiger partial charge in [0.15, 0.2) is 5.82 Å². The summed E-state index contributed by atoms with van der Waals surface area (Å²) in [4.78, 5) is 7.06. The Hall–Kier alpha value is -2.27. The van der Waals surface area contributed by atoms with Gasteiger partial charge in [-0.3, -0.25) is 0 Å². The molecule has 0 radical (unpaired) electrons. The maximum Gasteiger partial charge on any atom is 0.153 e. The number of H-pyrrole nitrogens is 1. The molecule has 0 aliphatic rings. The van der Waals surface area contributed by atoms with E-state index in [4.69, 9.17) is 5.73 Å². The van der Waals surface area contributed by atoms with Crippen LogP contribution in [0.25, 0.3) is 22.4 Å². The van der Waals surface area contributed by atoms with Gasteiger partial charge in [0.2, 0.25) is 0 Å². The Morgan fingerprint density at radius 1 is 1.11 bits per heavy atom. The Bertz CT molecular complexity index is 732. The largest absolute Gasteiger partial charge is 0.338 e. The normalized spacial score (nSPS) is 11.1. The standard InChI is InChI=1S/C14H11F2N3/c15-10-5-11(16)13-12(6-10)18-14(19-13)9-3-1-8(7-17)2-4-9/h1-6H,7,17H2,(H,18,19). The van der Waals surface area contributed by atoms with Crippen molar-refractivity contribution in [2.75, 3.05) is 0 Å². The third-order valence-electron chi connectivity index (χ3n) is 2.97. The van der Waals surface area contributed by atoms with Crippen molar-refractivity contribution in [3.63, 3.8) is 0 Å². The van der Waals surface area contributed by atoms with Crippen LogP contribution in [-0.4, -0.2) is 9.97 Å². The van der Waals surface area contributed by atoms with Crippen LogP contribution in [-0.2, 0) is 6.54 Å². The minimum Gasteiger partial charge on any atom is -0.338 e. The number of fused-ring (bicyclic) bond motifs is 1. The number of aromatic amines is 1. The summed E-state index contributed by atoms with van der Waals surface area (Å²) in [7, 11) is 0. The number of nitrogens with one attached hydrogen (secondary N) is 1. The first-order chi connectivity index (χ1) is 9.17. The van der Waals surface area contributed by atoms with Gasteiger partial charge in [-0.1, -0.05) is 24.3 Å². The third-order valence-corrected chi connectivity index (χ3v) is 2.97. The minimum atomic E-state index is -0.670. The van der Waals surface area contributed by atoms with E-state index in [0.29, 0.717) is 17.9 Å². The van der Waals surface area contributed by atoms with Crippen molar-refractivity contribution in [3.05, 3.63) is 53.6 Å². The topological polar surface area (TPSA) is 54.7 Å². The SMILES string of the molecule is NCc1ccc(-c2nc3c(F)cc(F)cc3[nH]2)cc1. The Morgan fingerprint density at radius 3 is 2.53 bits per heavy atom. The fourth-order valence-electron chi connectivity index (χ4n) is 1.98. The number of imidazole rings is 1. The molecule has 2 aromatic carbocycles. The molecular formula is C14H11F2N3. The van der Waals surface area contributed by atoms with E-state index >= 15 is 0 Å². The summed E-state index contributed by atoms with van der Waals surface area (Å²) in [5, 5.41) is 0. The van der Waals surface area contributed by atoms with Gasteiger partial charge in [0.1, 0.15) is 17.2 Å². The zero-order valence-corrected chi connectivity index (χ0v) is 9.95. The second-order valence-corrected chi connectivity index (χ2v) is 4.27. The molecule has 0 aliphatic carbocycles. The molecule has 5 heteroatoms. The van der Waals surface area contributed by atoms with Crippen molar-refractivity contribution in [1.29, 1.82) is 0 Å². The second-order valence-electron chi connectivity index (χ2n) is 4.27. The Morgan fingerprint density at radius 2 is 1.84 bits per heavy atom. The summed E-state index contributed by atoms with van der Waals surface area (Å²) in [6.07, 6.45) is 0. The second kappa shape index (κ2) is 4.44. The average molecular weight is 259 g/mol. The van der Waals surface area contributed by atoms with Crippen LogP contribution in [0.2, 0.25) is 0 Å². The number of benzene rings is 2. The number of rotatable bonds is 2. The molecule has 3 aromatic rings. The molecule has 19 heavy (non-hydrogen) atoms. The van der Waals surface area contributed by atoms with E-state index in [1.165, 1.54) is 6.07 Å². The van der Waals surface area contributed by atoms with Gasteiger partial charge < -0.3 is 10.7 Å². The fraction of sp³-hybridized carbons (Fsp3) is 0.0714. The van der Waals surface area contributed by atoms with Crippen LogP contribution in [0, 0.1) is 11.6 Å². The number of hydrogen-bond donors (Lipinski definition) is 2. The van der Waals surface area contributed by atoms with Gasteiger partial charge in [-0.25, -0.2) is 13.8 Å². The van der Waals surface area contributed by atoms with Crippen LogP contribution in [0.1, 0.15) is 5.56 Å². The van der Waals surface area contributed by atoms with Gasteiger partial charge in [0, 0.05) is 18.2 Å². The molecular weight excluding hydrogens is 248 g/mol. The van der Waals surface area contributed by atoms with Gasteiger partial charge in [-0.2, -0.15) is 0 Å². The van der Waals surface area contributed by atoms with Crippen molar-refractivity contribution in [2.45, 2.75) is 6.54 Å². The molecule has 0 spiro atoms. The summed E-state index contributed by atoms with van der Waals surface area (Å²) in [6, 6.07) is 9.48. The molecule has 0 bridgehead atoms. The van der Waals surface area contributed by atoms with Crippen LogP contribution in [0.3, 0.4) is 0 Å². The smallest absolute Gasteiger partial charge is 0.153 e. The lowest BCUT2D eigenvalue weighted by atomic mass is 10.1. The van der Waals surface area contributed by atoms with Gasteiger partial charge in [0.25, 0.3) is 0 Å². The highest BCUT2D eigenvalue weighted by Crippen LogP contribution is 2.23. The average Bonchev–Trinajstić information content (AvgIpc) is 2.83. The minimum absolute atomic E-state index is 0.138. The molecule has 0 saturated carbocycles. The molecule has 0 saturated heterocycles. The Kier molecular flexibility index (Phi) is 2.76. The van der Waals surface area contributed by atoms with Crippen molar-refractivity contribution < 1.29 is 8.78 Å². The van der Waals surface area contributed by atoms with Crippen molar-refractivity contribution in [3.8, 4) is 11.4 Å². The van der Waals surface area contributed by atoms with E-state index in [9.17, 15) is 8.78 Å². The molecule has 0 aliphatic heterocycles. The molecule has 1 heterocycles. The number of nitrogens with two attached hydrogens (primary N) is 1. The third kappa shape index (κ3) is 2.08. The zero-order chi connectivity index (χ0) is 13.4. The number of nitrogens with zero attached hydrogens (tertiary/aromatic N) is 1. The predicted molar refractivity (Wildman–Crippen MR) is 69.3 cm³/mol. The molecule has 0 fully saturated rings. The lowest BCUT2D eigenvalue weighted by molar-refractivity contribution is 0.591. The summed E-state index contributed by atoms with van der Waals surface area (Å²) >= 11 is 0. The Balaban J connectivity index is 2.12. The number of aromatic nitrogens is 2. The van der Waals surface area contributed by atoms with E-state index < -0.39 is 11.6 Å². The summed E-state index contributed by atoms with van der Waals surface area (Å²) in [5.74, 6) is -0.794. The molecule has 96 valence electrons. The van der Waals surface area contributed by atoms with Gasteiger partial charge in [-0.05, 0) is 11.6 Å². The quantitative estimate of drug-likeness (QED) is 0.743. The molecule has 3 N–H and O–H groups in total. The van der Waals surface area contributed by atoms with Crippen LogP contribution < -0.4 is 5.73 Å². The lowest BCUT2D eigenvalue weighted by Gasteiger charge is -1.98. The lowest BCUT2D eigenvalue weighted by Crippen LogP contribution is -1.95. The van der Waals surface area contributed by atoms with E-state index in [-0.39, 0.29) is 5.52 Å². The van der Waals surface area contributed by atoms with E-state index in [1.54, 1.807) is 0 Å². The van der Waals surface area contributed by atoms with Crippen molar-refractivity contribution in [1.82, 2.24) is 9.97 Å². The first-order valence-electron chi connectivity index (χ1n) is 5.81. The van der Waals surface area contributed by atoms with Gasteiger partial charge >= 0.3 is 0 Å². The maximum atomic E-state index is 13.6. The summed E-state index contributed by atoms with van der Waals surface area (Å²) in [6.45, 7) is 0.459. The van der Waals surface area contributed by atoms with Crippen molar-refractivity contribution >= 4 is 11.0 Å². The maximum absolute atomic E-state index is 13.6. The molecule has 0 atom stereocenters. The first kappa shape index (κ1) is 11.8. The number of halogens is 2. The predicted octanol–water partition coefficient (Wildman–Crippen LogP) is 2.97. The van der Waals surface area contributed by atoms with Gasteiger partial charge in [0.05, 0.1) is 5.52 Å². The van der Waals surface area contributed by atoms with E-state index in [1.807, 2.05) is 24.3 Å².